The molecule has 0 aliphatic heterocycles. The number of carbonyl (C=O) groups excluding carboxylic acids is 1. The molecule has 0 atom stereocenters. The first-order valence-electron chi connectivity index (χ1n) is 7.44. The number of anilines is 1. The molecule has 1 amide bonds. The first-order chi connectivity index (χ1) is 12.5. The van der Waals surface area contributed by atoms with Crippen molar-refractivity contribution in [2.75, 3.05) is 5.32 Å². The maximum atomic E-state index is 12.2. The predicted octanol–water partition coefficient (Wildman–Crippen LogP) is 3.81. The van der Waals surface area contributed by atoms with Crippen LogP contribution in [0.15, 0.2) is 65.1 Å². The summed E-state index contributed by atoms with van der Waals surface area (Å²) in [6.07, 6.45) is 0. The number of furan rings is 1. The summed E-state index contributed by atoms with van der Waals surface area (Å²) in [7, 11) is 0. The van der Waals surface area contributed by atoms with Crippen molar-refractivity contribution in [2.45, 2.75) is 0 Å². The molecule has 0 aliphatic rings. The van der Waals surface area contributed by atoms with Gasteiger partial charge in [0.25, 0.3) is 11.6 Å². The molecule has 0 saturated heterocycles. The molecular weight excluding hydrogens is 340 g/mol. The van der Waals surface area contributed by atoms with E-state index in [0.717, 1.165) is 0 Å². The summed E-state index contributed by atoms with van der Waals surface area (Å²) in [6.45, 7) is 0. The minimum atomic E-state index is -1.07. The maximum absolute atomic E-state index is 12.2. The van der Waals surface area contributed by atoms with Gasteiger partial charge in [-0.15, -0.1) is 0 Å². The molecule has 3 aromatic rings. The van der Waals surface area contributed by atoms with Crippen molar-refractivity contribution in [2.24, 2.45) is 0 Å². The van der Waals surface area contributed by atoms with E-state index in [1.165, 1.54) is 48.5 Å². The fourth-order valence-corrected chi connectivity index (χ4v) is 2.33. The second kappa shape index (κ2) is 6.89. The Balaban J connectivity index is 1.80. The lowest BCUT2D eigenvalue weighted by Crippen LogP contribution is -2.11. The molecule has 1 heterocycles. The third kappa shape index (κ3) is 3.44. The van der Waals surface area contributed by atoms with Gasteiger partial charge in [0.1, 0.15) is 5.76 Å². The third-order valence-corrected chi connectivity index (χ3v) is 3.59. The van der Waals surface area contributed by atoms with E-state index in [4.69, 9.17) is 9.52 Å². The first-order valence-corrected chi connectivity index (χ1v) is 7.44. The molecule has 8 heteroatoms. The molecule has 0 spiro atoms. The van der Waals surface area contributed by atoms with Crippen LogP contribution in [0.4, 0.5) is 11.4 Å². The number of carboxylic acids is 1. The largest absolute Gasteiger partial charge is 0.478 e. The minimum Gasteiger partial charge on any atom is -0.478 e. The van der Waals surface area contributed by atoms with Crippen LogP contribution in [0, 0.1) is 10.1 Å². The van der Waals surface area contributed by atoms with Crippen molar-refractivity contribution in [3.63, 3.8) is 0 Å². The minimum absolute atomic E-state index is 0.0273. The smallest absolute Gasteiger partial charge is 0.335 e. The highest BCUT2D eigenvalue weighted by Gasteiger charge is 2.19. The van der Waals surface area contributed by atoms with Gasteiger partial charge in [-0.1, -0.05) is 12.1 Å². The van der Waals surface area contributed by atoms with E-state index in [-0.39, 0.29) is 28.3 Å². The number of nitrogens with one attached hydrogen (secondary N) is 1. The lowest BCUT2D eigenvalue weighted by atomic mass is 10.1. The van der Waals surface area contributed by atoms with E-state index in [9.17, 15) is 19.7 Å². The van der Waals surface area contributed by atoms with Crippen molar-refractivity contribution in [3.8, 4) is 11.3 Å². The topological polar surface area (TPSA) is 123 Å². The fourth-order valence-electron chi connectivity index (χ4n) is 2.33. The van der Waals surface area contributed by atoms with Crippen LogP contribution in [0.3, 0.4) is 0 Å². The number of nitro benzene ring substituents is 1. The Hall–Kier alpha value is -3.94. The Morgan fingerprint density at radius 2 is 1.69 bits per heavy atom. The fraction of sp³-hybridized carbons (Fsp3) is 0. The molecule has 0 unspecified atom stereocenters. The summed E-state index contributed by atoms with van der Waals surface area (Å²) in [6, 6.07) is 14.6. The maximum Gasteiger partial charge on any atom is 0.335 e. The lowest BCUT2D eigenvalue weighted by molar-refractivity contribution is -0.384. The zero-order chi connectivity index (χ0) is 18.7. The van der Waals surface area contributed by atoms with Gasteiger partial charge in [-0.05, 0) is 42.5 Å². The molecule has 3 rings (SSSR count). The van der Waals surface area contributed by atoms with Crippen LogP contribution in [0.1, 0.15) is 20.9 Å². The van der Waals surface area contributed by atoms with E-state index in [2.05, 4.69) is 5.32 Å². The van der Waals surface area contributed by atoms with Crippen molar-refractivity contribution in [3.05, 3.63) is 82.1 Å². The highest BCUT2D eigenvalue weighted by atomic mass is 16.6. The Labute approximate surface area is 146 Å². The molecule has 2 N–H and O–H groups in total. The average molecular weight is 352 g/mol. The average Bonchev–Trinajstić information content (AvgIpc) is 3.12. The number of amides is 1. The number of hydrogen-bond donors (Lipinski definition) is 2. The number of benzene rings is 2. The number of nitro groups is 1. The number of para-hydroxylation sites is 1. The zero-order valence-electron chi connectivity index (χ0n) is 13.2. The summed E-state index contributed by atoms with van der Waals surface area (Å²) in [5.74, 6) is -1.45. The quantitative estimate of drug-likeness (QED) is 0.532. The van der Waals surface area contributed by atoms with E-state index in [1.807, 2.05) is 0 Å². The van der Waals surface area contributed by atoms with Gasteiger partial charge in [0.05, 0.1) is 16.1 Å². The molecule has 130 valence electrons. The molecule has 0 radical (unpaired) electrons. The Morgan fingerprint density at radius 3 is 2.35 bits per heavy atom. The highest BCUT2D eigenvalue weighted by molar-refractivity contribution is 6.02. The van der Waals surface area contributed by atoms with Gasteiger partial charge < -0.3 is 14.8 Å². The second-order valence-corrected chi connectivity index (χ2v) is 5.27. The van der Waals surface area contributed by atoms with Gasteiger partial charge in [0.2, 0.25) is 0 Å². The summed E-state index contributed by atoms with van der Waals surface area (Å²) in [5, 5.41) is 22.5. The monoisotopic (exact) mass is 352 g/mol. The standard InChI is InChI=1S/C18H12N2O6/c21-17(19-12-7-5-11(6-8-12)18(22)23)16-10-9-15(26-16)13-3-1-2-4-14(13)20(24)25/h1-10H,(H,19,21)(H,22,23). The van der Waals surface area contributed by atoms with Gasteiger partial charge in [0.15, 0.2) is 5.76 Å². The van der Waals surface area contributed by atoms with E-state index < -0.39 is 16.8 Å². The molecule has 2 aromatic carbocycles. The van der Waals surface area contributed by atoms with Crippen molar-refractivity contribution < 1.29 is 24.0 Å². The highest BCUT2D eigenvalue weighted by Crippen LogP contribution is 2.31. The van der Waals surface area contributed by atoms with Gasteiger partial charge in [-0.2, -0.15) is 0 Å². The number of nitrogens with zero attached hydrogens (tertiary/aromatic N) is 1. The van der Waals surface area contributed by atoms with E-state index in [1.54, 1.807) is 12.1 Å². The van der Waals surface area contributed by atoms with Crippen LogP contribution in [0.25, 0.3) is 11.3 Å². The number of carbonyl (C=O) groups is 2. The van der Waals surface area contributed by atoms with Gasteiger partial charge >= 0.3 is 5.97 Å². The normalized spacial score (nSPS) is 10.3. The van der Waals surface area contributed by atoms with Crippen molar-refractivity contribution in [1.82, 2.24) is 0 Å². The summed E-state index contributed by atoms with van der Waals surface area (Å²) in [5.41, 5.74) is 0.628. The molecule has 0 saturated carbocycles. The van der Waals surface area contributed by atoms with Crippen molar-refractivity contribution >= 4 is 23.3 Å². The van der Waals surface area contributed by atoms with E-state index >= 15 is 0 Å². The number of carboxylic acid groups (broad SMARTS) is 1. The molecule has 0 bridgehead atoms. The molecule has 0 aliphatic carbocycles. The van der Waals surface area contributed by atoms with Crippen LogP contribution in [-0.2, 0) is 0 Å². The predicted molar refractivity (Wildman–Crippen MR) is 92.2 cm³/mol. The van der Waals surface area contributed by atoms with Crippen LogP contribution >= 0.6 is 0 Å². The van der Waals surface area contributed by atoms with Crippen LogP contribution in [0.2, 0.25) is 0 Å². The SMILES string of the molecule is O=C(O)c1ccc(NC(=O)c2ccc(-c3ccccc3[N+](=O)[O-])o2)cc1. The summed E-state index contributed by atoms with van der Waals surface area (Å²) in [4.78, 5) is 33.6. The third-order valence-electron chi connectivity index (χ3n) is 3.59. The van der Waals surface area contributed by atoms with Crippen molar-refractivity contribution in [1.29, 1.82) is 0 Å². The van der Waals surface area contributed by atoms with Crippen LogP contribution < -0.4 is 5.32 Å². The number of hydrogen-bond acceptors (Lipinski definition) is 5. The lowest BCUT2D eigenvalue weighted by Gasteiger charge is -2.04. The molecule has 1 aromatic heterocycles. The molecular formula is C18H12N2O6. The zero-order valence-corrected chi connectivity index (χ0v) is 13.2. The molecule has 0 fully saturated rings. The molecule has 8 nitrogen and oxygen atoms in total. The Morgan fingerprint density at radius 1 is 1.00 bits per heavy atom. The van der Waals surface area contributed by atoms with Gasteiger partial charge in [0, 0.05) is 11.8 Å². The van der Waals surface area contributed by atoms with Gasteiger partial charge in [-0.25, -0.2) is 4.79 Å². The van der Waals surface area contributed by atoms with Crippen LogP contribution in [0.5, 0.6) is 0 Å². The second-order valence-electron chi connectivity index (χ2n) is 5.27. The first kappa shape index (κ1) is 16.9. The van der Waals surface area contributed by atoms with E-state index in [0.29, 0.717) is 5.69 Å². The summed E-state index contributed by atoms with van der Waals surface area (Å²) >= 11 is 0. The number of rotatable bonds is 5. The summed E-state index contributed by atoms with van der Waals surface area (Å²) < 4.78 is 5.45. The molecule has 26 heavy (non-hydrogen) atoms. The Kier molecular flexibility index (Phi) is 4.48. The number of aromatic carboxylic acids is 1. The van der Waals surface area contributed by atoms with Gasteiger partial charge in [-0.3, -0.25) is 14.9 Å². The Bertz CT molecular complexity index is 991. The van der Waals surface area contributed by atoms with Crippen LogP contribution in [-0.4, -0.2) is 21.9 Å².